The Morgan fingerprint density at radius 2 is 1.84 bits per heavy atom. The Morgan fingerprint density at radius 3 is 2.58 bits per heavy atom. The first-order chi connectivity index (χ1) is 15.0. The van der Waals surface area contributed by atoms with E-state index in [-0.39, 0.29) is 24.1 Å². The van der Waals surface area contributed by atoms with Gasteiger partial charge in [-0.3, -0.25) is 9.59 Å². The molecule has 1 heterocycles. The minimum absolute atomic E-state index is 0.0774. The smallest absolute Gasteiger partial charge is 0.243 e. The van der Waals surface area contributed by atoms with Crippen LogP contribution in [0.25, 0.3) is 5.69 Å². The number of nitrogens with zero attached hydrogens (tertiary/aromatic N) is 3. The van der Waals surface area contributed by atoms with Crippen LogP contribution in [0, 0.1) is 13.8 Å². The van der Waals surface area contributed by atoms with Crippen LogP contribution < -0.4 is 10.6 Å². The van der Waals surface area contributed by atoms with Gasteiger partial charge in [-0.1, -0.05) is 42.1 Å². The number of benzene rings is 2. The van der Waals surface area contributed by atoms with Crippen molar-refractivity contribution in [1.29, 1.82) is 0 Å². The highest BCUT2D eigenvalue weighted by molar-refractivity contribution is 7.99. The minimum Gasteiger partial charge on any atom is -0.346 e. The number of amides is 2. The summed E-state index contributed by atoms with van der Waals surface area (Å²) in [6.45, 7) is 3.87. The van der Waals surface area contributed by atoms with Gasteiger partial charge >= 0.3 is 0 Å². The molecule has 1 aromatic heterocycles. The van der Waals surface area contributed by atoms with E-state index in [0.29, 0.717) is 11.1 Å². The first-order valence-corrected chi connectivity index (χ1v) is 11.3. The molecule has 0 aliphatic heterocycles. The monoisotopic (exact) mass is 435 g/mol. The lowest BCUT2D eigenvalue weighted by atomic mass is 10.1. The van der Waals surface area contributed by atoms with Crippen molar-refractivity contribution < 1.29 is 9.59 Å². The number of hydrogen-bond acceptors (Lipinski definition) is 5. The molecule has 7 nitrogen and oxygen atoms in total. The third-order valence-corrected chi connectivity index (χ3v) is 6.05. The van der Waals surface area contributed by atoms with Crippen molar-refractivity contribution in [3.05, 3.63) is 65.5 Å². The van der Waals surface area contributed by atoms with E-state index < -0.39 is 0 Å². The van der Waals surface area contributed by atoms with Gasteiger partial charge in [0.25, 0.3) is 0 Å². The molecule has 0 radical (unpaired) electrons. The SMILES string of the molecule is Cc1cccc(NC(=O)CNC(=O)CSc2nc(C3CC3)n(-c3ccccc3)n2)c1C. The van der Waals surface area contributed by atoms with Gasteiger partial charge in [-0.05, 0) is 56.0 Å². The first-order valence-electron chi connectivity index (χ1n) is 10.3. The molecule has 2 aromatic carbocycles. The third-order valence-electron chi connectivity index (χ3n) is 5.21. The Morgan fingerprint density at radius 1 is 1.06 bits per heavy atom. The molecule has 2 N–H and O–H groups in total. The van der Waals surface area contributed by atoms with Crippen molar-refractivity contribution in [3.8, 4) is 5.69 Å². The van der Waals surface area contributed by atoms with Crippen molar-refractivity contribution >= 4 is 29.3 Å². The van der Waals surface area contributed by atoms with E-state index in [0.717, 1.165) is 41.2 Å². The average Bonchev–Trinajstić information content (AvgIpc) is 3.54. The minimum atomic E-state index is -0.255. The lowest BCUT2D eigenvalue weighted by Gasteiger charge is -2.10. The molecule has 0 spiro atoms. The maximum atomic E-state index is 12.2. The van der Waals surface area contributed by atoms with Crippen molar-refractivity contribution in [1.82, 2.24) is 20.1 Å². The normalized spacial score (nSPS) is 13.1. The predicted octanol–water partition coefficient (Wildman–Crippen LogP) is 3.61. The lowest BCUT2D eigenvalue weighted by molar-refractivity contribution is -0.122. The molecule has 0 saturated heterocycles. The average molecular weight is 436 g/mol. The number of aryl methyl sites for hydroxylation is 1. The van der Waals surface area contributed by atoms with Gasteiger partial charge in [0.2, 0.25) is 17.0 Å². The zero-order chi connectivity index (χ0) is 21.8. The Labute approximate surface area is 185 Å². The van der Waals surface area contributed by atoms with E-state index >= 15 is 0 Å². The summed E-state index contributed by atoms with van der Waals surface area (Å²) in [5.41, 5.74) is 3.85. The van der Waals surface area contributed by atoms with Crippen LogP contribution in [0.5, 0.6) is 0 Å². The largest absolute Gasteiger partial charge is 0.346 e. The Balaban J connectivity index is 1.30. The molecule has 1 aliphatic carbocycles. The van der Waals surface area contributed by atoms with Crippen LogP contribution in [-0.4, -0.2) is 38.9 Å². The van der Waals surface area contributed by atoms with Crippen LogP contribution in [0.3, 0.4) is 0 Å². The summed E-state index contributed by atoms with van der Waals surface area (Å²) < 4.78 is 1.87. The quantitative estimate of drug-likeness (QED) is 0.528. The van der Waals surface area contributed by atoms with Crippen LogP contribution >= 0.6 is 11.8 Å². The molecular formula is C23H25N5O2S. The van der Waals surface area contributed by atoms with Gasteiger partial charge in [-0.15, -0.1) is 5.10 Å². The zero-order valence-corrected chi connectivity index (χ0v) is 18.4. The maximum Gasteiger partial charge on any atom is 0.243 e. The van der Waals surface area contributed by atoms with Crippen molar-refractivity contribution in [2.24, 2.45) is 0 Å². The summed E-state index contributed by atoms with van der Waals surface area (Å²) in [4.78, 5) is 29.1. The van der Waals surface area contributed by atoms with Gasteiger partial charge in [0.05, 0.1) is 18.0 Å². The Bertz CT molecular complexity index is 1090. The second-order valence-electron chi connectivity index (χ2n) is 7.64. The number of nitrogens with one attached hydrogen (secondary N) is 2. The molecule has 31 heavy (non-hydrogen) atoms. The molecule has 4 rings (SSSR count). The molecule has 0 bridgehead atoms. The van der Waals surface area contributed by atoms with Gasteiger partial charge in [-0.2, -0.15) is 0 Å². The fourth-order valence-corrected chi connectivity index (χ4v) is 3.83. The van der Waals surface area contributed by atoms with Crippen LogP contribution in [-0.2, 0) is 9.59 Å². The molecule has 8 heteroatoms. The fraction of sp³-hybridized carbons (Fsp3) is 0.304. The third kappa shape index (κ3) is 5.32. The lowest BCUT2D eigenvalue weighted by Crippen LogP contribution is -2.34. The maximum absolute atomic E-state index is 12.2. The summed E-state index contributed by atoms with van der Waals surface area (Å²) in [5, 5.41) is 10.7. The van der Waals surface area contributed by atoms with Crippen molar-refractivity contribution in [2.75, 3.05) is 17.6 Å². The number of hydrogen-bond donors (Lipinski definition) is 2. The number of anilines is 1. The molecule has 2 amide bonds. The van der Waals surface area contributed by atoms with Crippen molar-refractivity contribution in [2.45, 2.75) is 37.8 Å². The number of rotatable bonds is 8. The molecule has 1 saturated carbocycles. The second kappa shape index (κ2) is 9.34. The van der Waals surface area contributed by atoms with E-state index in [1.165, 1.54) is 11.8 Å². The van der Waals surface area contributed by atoms with Crippen LogP contribution in [0.1, 0.15) is 35.7 Å². The van der Waals surface area contributed by atoms with E-state index in [9.17, 15) is 9.59 Å². The standard InChI is InChI=1S/C23H25N5O2S/c1-15-7-6-10-19(16(15)2)25-20(29)13-24-21(30)14-31-23-26-22(17-11-12-17)28(27-23)18-8-4-3-5-9-18/h3-10,17H,11-14H2,1-2H3,(H,24,30)(H,25,29). The topological polar surface area (TPSA) is 88.9 Å². The van der Waals surface area contributed by atoms with Crippen molar-refractivity contribution in [3.63, 3.8) is 0 Å². The van der Waals surface area contributed by atoms with E-state index in [1.807, 2.05) is 67.1 Å². The number of para-hydroxylation sites is 1. The molecule has 160 valence electrons. The van der Waals surface area contributed by atoms with Gasteiger partial charge in [0, 0.05) is 11.6 Å². The van der Waals surface area contributed by atoms with Gasteiger partial charge in [0.1, 0.15) is 5.82 Å². The number of carbonyl (C=O) groups excluding carboxylic acids is 2. The predicted molar refractivity (Wildman–Crippen MR) is 122 cm³/mol. The second-order valence-corrected chi connectivity index (χ2v) is 8.58. The highest BCUT2D eigenvalue weighted by Gasteiger charge is 2.30. The van der Waals surface area contributed by atoms with E-state index in [4.69, 9.17) is 0 Å². The Kier molecular flexibility index (Phi) is 6.36. The summed E-state index contributed by atoms with van der Waals surface area (Å²) in [6, 6.07) is 15.6. The Hall–Kier alpha value is -3.13. The molecule has 3 aromatic rings. The van der Waals surface area contributed by atoms with Crippen LogP contribution in [0.4, 0.5) is 5.69 Å². The number of carbonyl (C=O) groups is 2. The molecule has 1 fully saturated rings. The van der Waals surface area contributed by atoms with Crippen LogP contribution in [0.2, 0.25) is 0 Å². The van der Waals surface area contributed by atoms with Gasteiger partial charge in [0.15, 0.2) is 0 Å². The van der Waals surface area contributed by atoms with Gasteiger partial charge in [-0.25, -0.2) is 9.67 Å². The summed E-state index contributed by atoms with van der Waals surface area (Å²) in [6.07, 6.45) is 2.23. The number of aromatic nitrogens is 3. The summed E-state index contributed by atoms with van der Waals surface area (Å²) in [7, 11) is 0. The number of thioether (sulfide) groups is 1. The zero-order valence-electron chi connectivity index (χ0n) is 17.6. The molecular weight excluding hydrogens is 410 g/mol. The summed E-state index contributed by atoms with van der Waals surface area (Å²) in [5.74, 6) is 1.05. The van der Waals surface area contributed by atoms with E-state index in [1.54, 1.807) is 0 Å². The molecule has 1 aliphatic rings. The highest BCUT2D eigenvalue weighted by atomic mass is 32.2. The first kappa shape index (κ1) is 21.1. The summed E-state index contributed by atoms with van der Waals surface area (Å²) >= 11 is 1.28. The van der Waals surface area contributed by atoms with Gasteiger partial charge < -0.3 is 10.6 Å². The van der Waals surface area contributed by atoms with Crippen LogP contribution in [0.15, 0.2) is 53.7 Å². The highest BCUT2D eigenvalue weighted by Crippen LogP contribution is 2.40. The fourth-order valence-electron chi connectivity index (χ4n) is 3.17. The molecule has 0 unspecified atom stereocenters. The molecule has 0 atom stereocenters. The van der Waals surface area contributed by atoms with E-state index in [2.05, 4.69) is 20.7 Å².